The van der Waals surface area contributed by atoms with E-state index in [9.17, 15) is 9.90 Å². The zero-order chi connectivity index (χ0) is 11.9. The molecule has 3 heteroatoms. The van der Waals surface area contributed by atoms with Crippen molar-refractivity contribution < 1.29 is 9.90 Å². The van der Waals surface area contributed by atoms with Gasteiger partial charge in [0.25, 0.3) is 0 Å². The van der Waals surface area contributed by atoms with Crippen LogP contribution in [0.5, 0.6) is 0 Å². The second kappa shape index (κ2) is 4.27. The molecule has 3 fully saturated rings. The van der Waals surface area contributed by atoms with Gasteiger partial charge in [-0.2, -0.15) is 0 Å². The molecule has 0 spiro atoms. The van der Waals surface area contributed by atoms with E-state index in [0.29, 0.717) is 12.0 Å². The minimum absolute atomic E-state index is 0.345. The van der Waals surface area contributed by atoms with Crippen LogP contribution in [0.3, 0.4) is 0 Å². The van der Waals surface area contributed by atoms with Crippen LogP contribution in [0.2, 0.25) is 0 Å². The van der Waals surface area contributed by atoms with Crippen molar-refractivity contribution in [2.45, 2.75) is 57.4 Å². The Kier molecular flexibility index (Phi) is 2.89. The zero-order valence-electron chi connectivity index (χ0n) is 10.5. The molecule has 3 nitrogen and oxygen atoms in total. The Balaban J connectivity index is 1.68. The lowest BCUT2D eigenvalue weighted by molar-refractivity contribution is -0.150. The summed E-state index contributed by atoms with van der Waals surface area (Å²) in [6, 6.07) is 0.562. The highest BCUT2D eigenvalue weighted by Gasteiger charge is 2.55. The van der Waals surface area contributed by atoms with Gasteiger partial charge in [0.1, 0.15) is 0 Å². The highest BCUT2D eigenvalue weighted by atomic mass is 16.4. The number of aliphatic carboxylic acids is 1. The van der Waals surface area contributed by atoms with E-state index in [1.54, 1.807) is 0 Å². The van der Waals surface area contributed by atoms with Crippen LogP contribution in [-0.2, 0) is 4.79 Å². The van der Waals surface area contributed by atoms with Crippen molar-refractivity contribution in [3.8, 4) is 0 Å². The summed E-state index contributed by atoms with van der Waals surface area (Å²) < 4.78 is 0. The number of hydrogen-bond donors (Lipinski definition) is 1. The van der Waals surface area contributed by atoms with E-state index in [0.717, 1.165) is 32.1 Å². The monoisotopic (exact) mass is 237 g/mol. The smallest absolute Gasteiger partial charge is 0.309 e. The second-order valence-corrected chi connectivity index (χ2v) is 6.23. The van der Waals surface area contributed by atoms with E-state index >= 15 is 0 Å². The molecule has 1 saturated heterocycles. The fourth-order valence-corrected chi connectivity index (χ4v) is 4.02. The third-order valence-corrected chi connectivity index (χ3v) is 5.22. The summed E-state index contributed by atoms with van der Waals surface area (Å²) in [5.74, 6) is -0.0192. The molecule has 0 aromatic carbocycles. The predicted molar refractivity (Wildman–Crippen MR) is 65.9 cm³/mol. The normalized spacial score (nSPS) is 39.4. The summed E-state index contributed by atoms with van der Waals surface area (Å²) in [6.07, 6.45) is 9.23. The molecule has 2 atom stereocenters. The summed E-state index contributed by atoms with van der Waals surface area (Å²) in [5, 5.41) is 9.57. The van der Waals surface area contributed by atoms with E-state index < -0.39 is 5.97 Å². The number of carboxylic acids is 1. The number of rotatable bonds is 3. The topological polar surface area (TPSA) is 40.5 Å². The van der Waals surface area contributed by atoms with Crippen molar-refractivity contribution in [3.05, 3.63) is 0 Å². The van der Waals surface area contributed by atoms with Gasteiger partial charge in [0, 0.05) is 6.04 Å². The molecule has 2 aliphatic carbocycles. The van der Waals surface area contributed by atoms with Crippen LogP contribution in [0.4, 0.5) is 0 Å². The van der Waals surface area contributed by atoms with Gasteiger partial charge >= 0.3 is 5.97 Å². The highest BCUT2D eigenvalue weighted by Crippen LogP contribution is 2.55. The summed E-state index contributed by atoms with van der Waals surface area (Å²) in [7, 11) is 0. The first-order valence-corrected chi connectivity index (χ1v) is 7.20. The van der Waals surface area contributed by atoms with Crippen molar-refractivity contribution in [1.29, 1.82) is 0 Å². The molecule has 1 N–H and O–H groups in total. The molecule has 2 unspecified atom stereocenters. The van der Waals surface area contributed by atoms with Crippen molar-refractivity contribution in [1.82, 2.24) is 4.90 Å². The third-order valence-electron chi connectivity index (χ3n) is 5.22. The van der Waals surface area contributed by atoms with E-state index in [1.165, 1.54) is 32.4 Å². The first-order valence-electron chi connectivity index (χ1n) is 7.20. The van der Waals surface area contributed by atoms with Gasteiger partial charge in [-0.1, -0.05) is 6.42 Å². The van der Waals surface area contributed by atoms with Gasteiger partial charge in [0.2, 0.25) is 0 Å². The Morgan fingerprint density at radius 3 is 2.41 bits per heavy atom. The minimum Gasteiger partial charge on any atom is -0.481 e. The Morgan fingerprint density at radius 2 is 1.82 bits per heavy atom. The molecule has 1 heterocycles. The lowest BCUT2D eigenvalue weighted by Crippen LogP contribution is -2.40. The maximum Gasteiger partial charge on any atom is 0.309 e. The molecule has 1 aliphatic heterocycles. The standard InChI is InChI=1S/C14H23NO2/c16-13(17)14(11-4-5-11)7-6-12(10-14)15-8-2-1-3-9-15/h11-12H,1-10H2,(H,16,17). The van der Waals surface area contributed by atoms with Crippen LogP contribution in [0.25, 0.3) is 0 Å². The summed E-state index contributed by atoms with van der Waals surface area (Å²) >= 11 is 0. The fourth-order valence-electron chi connectivity index (χ4n) is 4.02. The van der Waals surface area contributed by atoms with Crippen LogP contribution in [0.1, 0.15) is 51.4 Å². The molecule has 96 valence electrons. The fraction of sp³-hybridized carbons (Fsp3) is 0.929. The molecule has 3 rings (SSSR count). The van der Waals surface area contributed by atoms with Crippen LogP contribution in [-0.4, -0.2) is 35.1 Å². The largest absolute Gasteiger partial charge is 0.481 e. The van der Waals surface area contributed by atoms with E-state index in [-0.39, 0.29) is 5.41 Å². The van der Waals surface area contributed by atoms with Crippen LogP contribution >= 0.6 is 0 Å². The van der Waals surface area contributed by atoms with Crippen LogP contribution in [0.15, 0.2) is 0 Å². The minimum atomic E-state index is -0.514. The van der Waals surface area contributed by atoms with Gasteiger partial charge in [-0.3, -0.25) is 4.79 Å². The van der Waals surface area contributed by atoms with Gasteiger partial charge in [-0.15, -0.1) is 0 Å². The number of hydrogen-bond acceptors (Lipinski definition) is 2. The molecule has 0 aromatic rings. The predicted octanol–water partition coefficient (Wildman–Crippen LogP) is 2.51. The maximum atomic E-state index is 11.6. The van der Waals surface area contributed by atoms with Crippen molar-refractivity contribution >= 4 is 5.97 Å². The van der Waals surface area contributed by atoms with Gasteiger partial charge in [0.15, 0.2) is 0 Å². The lowest BCUT2D eigenvalue weighted by Gasteiger charge is -2.33. The number of carbonyl (C=O) groups is 1. The quantitative estimate of drug-likeness (QED) is 0.820. The number of piperidine rings is 1. The molecule has 3 aliphatic rings. The van der Waals surface area contributed by atoms with Crippen molar-refractivity contribution in [2.24, 2.45) is 11.3 Å². The maximum absolute atomic E-state index is 11.6. The second-order valence-electron chi connectivity index (χ2n) is 6.23. The summed E-state index contributed by atoms with van der Waals surface area (Å²) in [5.41, 5.74) is -0.345. The Bertz CT molecular complexity index is 307. The van der Waals surface area contributed by atoms with Gasteiger partial charge in [-0.05, 0) is 64.0 Å². The van der Waals surface area contributed by atoms with E-state index in [2.05, 4.69) is 4.90 Å². The molecule has 0 radical (unpaired) electrons. The number of likely N-dealkylation sites (tertiary alicyclic amines) is 1. The lowest BCUT2D eigenvalue weighted by atomic mass is 9.80. The molecule has 0 aromatic heterocycles. The van der Waals surface area contributed by atoms with E-state index in [4.69, 9.17) is 0 Å². The number of nitrogens with zero attached hydrogens (tertiary/aromatic N) is 1. The van der Waals surface area contributed by atoms with Crippen LogP contribution in [0, 0.1) is 11.3 Å². The van der Waals surface area contributed by atoms with Crippen molar-refractivity contribution in [3.63, 3.8) is 0 Å². The molecular formula is C14H23NO2. The first-order chi connectivity index (χ1) is 8.22. The average molecular weight is 237 g/mol. The van der Waals surface area contributed by atoms with Gasteiger partial charge < -0.3 is 10.0 Å². The molecule has 0 bridgehead atoms. The zero-order valence-corrected chi connectivity index (χ0v) is 10.5. The highest BCUT2D eigenvalue weighted by molar-refractivity contribution is 5.76. The Labute approximate surface area is 103 Å². The van der Waals surface area contributed by atoms with Gasteiger partial charge in [0.05, 0.1) is 5.41 Å². The summed E-state index contributed by atoms with van der Waals surface area (Å²) in [6.45, 7) is 2.40. The SMILES string of the molecule is O=C(O)C1(C2CC2)CCC(N2CCCCC2)C1. The Hall–Kier alpha value is -0.570. The summed E-state index contributed by atoms with van der Waals surface area (Å²) in [4.78, 5) is 14.2. The Morgan fingerprint density at radius 1 is 1.12 bits per heavy atom. The molecule has 17 heavy (non-hydrogen) atoms. The van der Waals surface area contributed by atoms with Crippen molar-refractivity contribution in [2.75, 3.05) is 13.1 Å². The number of carboxylic acid groups (broad SMARTS) is 1. The first kappa shape index (κ1) is 11.5. The van der Waals surface area contributed by atoms with E-state index in [1.807, 2.05) is 0 Å². The molecule has 2 saturated carbocycles. The van der Waals surface area contributed by atoms with Gasteiger partial charge in [-0.25, -0.2) is 0 Å². The third kappa shape index (κ3) is 1.99. The molecular weight excluding hydrogens is 214 g/mol. The molecule has 0 amide bonds. The average Bonchev–Trinajstić information content (AvgIpc) is 3.10. The van der Waals surface area contributed by atoms with Crippen LogP contribution < -0.4 is 0 Å².